The number of benzene rings is 3. The van der Waals surface area contributed by atoms with E-state index in [1.165, 1.54) is 5.56 Å². The molecule has 0 unspecified atom stereocenters. The second-order valence-corrected chi connectivity index (χ2v) is 8.96. The van der Waals surface area contributed by atoms with Crippen LogP contribution in [0.4, 0.5) is 0 Å². The number of likely N-dealkylation sites (tertiary alicyclic amines) is 1. The Hall–Kier alpha value is -2.26. The third kappa shape index (κ3) is 8.63. The molecule has 4 rings (SSSR count). The molecule has 1 heterocycles. The Morgan fingerprint density at radius 3 is 2.16 bits per heavy atom. The zero-order chi connectivity index (χ0) is 24.5. The number of hydrogen-bond donors (Lipinski definition) is 2. The summed E-state index contributed by atoms with van der Waals surface area (Å²) in [7, 11) is 0. The van der Waals surface area contributed by atoms with Gasteiger partial charge in [0.15, 0.2) is 0 Å². The topological polar surface area (TPSA) is 85.0 Å². The standard InChI is InChI=1S/C29H34N2O4.2ClH.H2S/c30-17-8-20-34-27-14-7-13-25(21-27)29(33,24-11-5-2-6-12-24)28(32)35-26-15-18-31(19-16-26)22-23-9-3-1-4-10-23;;;/h1-7,9-14,21,26,33H,8,15-20,22,30H2;2*1H;1H2/t29-;;;/m0.../s1. The van der Waals surface area contributed by atoms with Crippen molar-refractivity contribution < 1.29 is 19.4 Å². The fourth-order valence-electron chi connectivity index (χ4n) is 4.43. The van der Waals surface area contributed by atoms with Crippen LogP contribution >= 0.6 is 38.3 Å². The highest BCUT2D eigenvalue weighted by Crippen LogP contribution is 2.34. The summed E-state index contributed by atoms with van der Waals surface area (Å²) in [6.07, 6.45) is 1.93. The molecule has 3 aromatic carbocycles. The number of hydrogen-bond acceptors (Lipinski definition) is 6. The van der Waals surface area contributed by atoms with Crippen molar-refractivity contribution in [3.05, 3.63) is 102 Å². The van der Waals surface area contributed by atoms with Gasteiger partial charge in [0.1, 0.15) is 11.9 Å². The Balaban J connectivity index is 0.00000241. The molecule has 0 radical (unpaired) electrons. The molecule has 0 aliphatic carbocycles. The molecule has 1 aliphatic heterocycles. The molecule has 208 valence electrons. The molecule has 1 saturated heterocycles. The quantitative estimate of drug-likeness (QED) is 0.264. The zero-order valence-corrected chi connectivity index (χ0v) is 24.0. The van der Waals surface area contributed by atoms with E-state index in [1.54, 1.807) is 48.5 Å². The van der Waals surface area contributed by atoms with Gasteiger partial charge in [0.05, 0.1) is 6.61 Å². The van der Waals surface area contributed by atoms with Gasteiger partial charge in [-0.05, 0) is 49.1 Å². The minimum Gasteiger partial charge on any atom is -0.494 e. The van der Waals surface area contributed by atoms with Gasteiger partial charge in [0, 0.05) is 25.2 Å². The Labute approximate surface area is 244 Å². The average Bonchev–Trinajstić information content (AvgIpc) is 2.91. The Kier molecular flexibility index (Phi) is 14.8. The van der Waals surface area contributed by atoms with E-state index in [1.807, 2.05) is 24.3 Å². The Bertz CT molecular complexity index is 1090. The summed E-state index contributed by atoms with van der Waals surface area (Å²) in [4.78, 5) is 15.9. The molecule has 3 N–H and O–H groups in total. The summed E-state index contributed by atoms with van der Waals surface area (Å²) in [6, 6.07) is 26.3. The molecular formula is C29H38Cl2N2O4S. The molecule has 0 bridgehead atoms. The number of carbonyl (C=O) groups excluding carboxylic acids is 1. The Morgan fingerprint density at radius 2 is 1.53 bits per heavy atom. The van der Waals surface area contributed by atoms with Crippen LogP contribution in [-0.2, 0) is 21.7 Å². The lowest BCUT2D eigenvalue weighted by Crippen LogP contribution is -2.43. The highest BCUT2D eigenvalue weighted by Gasteiger charge is 2.43. The molecule has 9 heteroatoms. The van der Waals surface area contributed by atoms with Crippen LogP contribution in [0, 0.1) is 0 Å². The molecule has 6 nitrogen and oxygen atoms in total. The lowest BCUT2D eigenvalue weighted by molar-refractivity contribution is -0.170. The summed E-state index contributed by atoms with van der Waals surface area (Å²) in [5.41, 5.74) is 5.78. The monoisotopic (exact) mass is 580 g/mol. The van der Waals surface area contributed by atoms with Crippen LogP contribution in [0.15, 0.2) is 84.9 Å². The van der Waals surface area contributed by atoms with Crippen LogP contribution in [0.25, 0.3) is 0 Å². The van der Waals surface area contributed by atoms with Crippen LogP contribution < -0.4 is 10.5 Å². The molecule has 1 fully saturated rings. The minimum atomic E-state index is -1.93. The van der Waals surface area contributed by atoms with Gasteiger partial charge in [-0.2, -0.15) is 13.5 Å². The van der Waals surface area contributed by atoms with Gasteiger partial charge in [0.2, 0.25) is 5.60 Å². The van der Waals surface area contributed by atoms with E-state index in [9.17, 15) is 9.90 Å². The van der Waals surface area contributed by atoms with E-state index >= 15 is 0 Å². The maximum atomic E-state index is 13.5. The van der Waals surface area contributed by atoms with Crippen LogP contribution in [0.2, 0.25) is 0 Å². The molecule has 0 spiro atoms. The SMILES string of the molecule is Cl.Cl.NCCCOc1cccc([C@](O)(C(=O)OC2CCN(Cc3ccccc3)CC2)c2ccccc2)c1.S. The van der Waals surface area contributed by atoms with Gasteiger partial charge in [0.25, 0.3) is 0 Å². The number of piperidine rings is 1. The van der Waals surface area contributed by atoms with Gasteiger partial charge >= 0.3 is 5.97 Å². The van der Waals surface area contributed by atoms with Crippen LogP contribution in [0.5, 0.6) is 5.75 Å². The molecule has 3 aromatic rings. The van der Waals surface area contributed by atoms with Crippen molar-refractivity contribution in [3.63, 3.8) is 0 Å². The van der Waals surface area contributed by atoms with Crippen LogP contribution in [0.1, 0.15) is 36.0 Å². The first-order chi connectivity index (χ1) is 17.1. The van der Waals surface area contributed by atoms with Crippen molar-refractivity contribution in [2.75, 3.05) is 26.2 Å². The van der Waals surface area contributed by atoms with Crippen molar-refractivity contribution in [2.24, 2.45) is 5.73 Å². The number of rotatable bonds is 10. The fourth-order valence-corrected chi connectivity index (χ4v) is 4.43. The molecule has 0 amide bonds. The lowest BCUT2D eigenvalue weighted by Gasteiger charge is -2.34. The first kappa shape index (κ1) is 33.8. The molecule has 0 aromatic heterocycles. The third-order valence-electron chi connectivity index (χ3n) is 6.41. The summed E-state index contributed by atoms with van der Waals surface area (Å²) in [5, 5.41) is 11.8. The minimum absolute atomic E-state index is 0. The van der Waals surface area contributed by atoms with Crippen LogP contribution in [-0.4, -0.2) is 48.3 Å². The lowest BCUT2D eigenvalue weighted by atomic mass is 9.86. The highest BCUT2D eigenvalue weighted by atomic mass is 35.5. The van der Waals surface area contributed by atoms with Crippen molar-refractivity contribution in [3.8, 4) is 5.75 Å². The predicted octanol–water partition coefficient (Wildman–Crippen LogP) is 4.81. The van der Waals surface area contributed by atoms with Crippen molar-refractivity contribution >= 4 is 44.3 Å². The number of aliphatic hydroxyl groups is 1. The summed E-state index contributed by atoms with van der Waals surface area (Å²) < 4.78 is 11.7. The number of halogens is 2. The number of carbonyl (C=O) groups is 1. The number of esters is 1. The maximum absolute atomic E-state index is 13.5. The van der Waals surface area contributed by atoms with Gasteiger partial charge in [-0.25, -0.2) is 4.79 Å². The van der Waals surface area contributed by atoms with Gasteiger partial charge < -0.3 is 20.3 Å². The maximum Gasteiger partial charge on any atom is 0.347 e. The van der Waals surface area contributed by atoms with Gasteiger partial charge in [-0.3, -0.25) is 4.90 Å². The second-order valence-electron chi connectivity index (χ2n) is 8.96. The first-order valence-corrected chi connectivity index (χ1v) is 12.3. The zero-order valence-electron chi connectivity index (χ0n) is 21.3. The number of nitrogens with two attached hydrogens (primary N) is 1. The predicted molar refractivity (Wildman–Crippen MR) is 161 cm³/mol. The van der Waals surface area contributed by atoms with E-state index in [-0.39, 0.29) is 44.4 Å². The van der Waals surface area contributed by atoms with Crippen molar-refractivity contribution in [1.82, 2.24) is 4.90 Å². The molecule has 1 atom stereocenters. The van der Waals surface area contributed by atoms with E-state index in [0.717, 1.165) is 38.9 Å². The Morgan fingerprint density at radius 1 is 0.921 bits per heavy atom. The van der Waals surface area contributed by atoms with E-state index in [4.69, 9.17) is 15.2 Å². The average molecular weight is 582 g/mol. The second kappa shape index (κ2) is 16.6. The first-order valence-electron chi connectivity index (χ1n) is 12.3. The fraction of sp³-hybridized carbons (Fsp3) is 0.345. The van der Waals surface area contributed by atoms with E-state index in [0.29, 0.717) is 30.0 Å². The van der Waals surface area contributed by atoms with Crippen molar-refractivity contribution in [1.29, 1.82) is 0 Å². The van der Waals surface area contributed by atoms with Gasteiger partial charge in [-0.1, -0.05) is 72.8 Å². The van der Waals surface area contributed by atoms with E-state index < -0.39 is 11.6 Å². The summed E-state index contributed by atoms with van der Waals surface area (Å²) in [5.74, 6) is -0.0864. The largest absolute Gasteiger partial charge is 0.494 e. The smallest absolute Gasteiger partial charge is 0.347 e. The normalized spacial score (nSPS) is 15.1. The molecule has 38 heavy (non-hydrogen) atoms. The molecular weight excluding hydrogens is 543 g/mol. The molecule has 0 saturated carbocycles. The van der Waals surface area contributed by atoms with Gasteiger partial charge in [-0.15, -0.1) is 24.8 Å². The number of nitrogens with zero attached hydrogens (tertiary/aromatic N) is 1. The van der Waals surface area contributed by atoms with Crippen LogP contribution in [0.3, 0.4) is 0 Å². The summed E-state index contributed by atoms with van der Waals surface area (Å²) >= 11 is 0. The highest BCUT2D eigenvalue weighted by molar-refractivity contribution is 7.59. The summed E-state index contributed by atoms with van der Waals surface area (Å²) in [6.45, 7) is 3.55. The third-order valence-corrected chi connectivity index (χ3v) is 6.41. The van der Waals surface area contributed by atoms with E-state index in [2.05, 4.69) is 17.0 Å². The molecule has 1 aliphatic rings. The van der Waals surface area contributed by atoms with Crippen molar-refractivity contribution in [2.45, 2.75) is 37.5 Å². The number of ether oxygens (including phenoxy) is 2.